The summed E-state index contributed by atoms with van der Waals surface area (Å²) in [7, 11) is 0. The average Bonchev–Trinajstić information content (AvgIpc) is 2.98. The molecule has 0 radical (unpaired) electrons. The van der Waals surface area contributed by atoms with Crippen LogP contribution in [0.3, 0.4) is 0 Å². The van der Waals surface area contributed by atoms with E-state index in [1.54, 1.807) is 0 Å². The lowest BCUT2D eigenvalue weighted by Gasteiger charge is -2.16. The first-order chi connectivity index (χ1) is 20.2. The Hall–Kier alpha value is -0.610. The summed E-state index contributed by atoms with van der Waals surface area (Å²) >= 11 is 0. The largest absolute Gasteiger partial charge is 0.457 e. The second kappa shape index (κ2) is 35.6. The summed E-state index contributed by atoms with van der Waals surface area (Å²) < 4.78 is 11.1. The number of carbonyl (C=O) groups is 1. The van der Waals surface area contributed by atoms with Crippen molar-refractivity contribution in [1.29, 1.82) is 0 Å². The Labute approximate surface area is 257 Å². The third-order valence-electron chi connectivity index (χ3n) is 8.43. The molecular weight excluding hydrogens is 514 g/mol. The number of ether oxygens (including phenoxy) is 2. The van der Waals surface area contributed by atoms with Crippen molar-refractivity contribution in [2.75, 3.05) is 19.8 Å². The lowest BCUT2D eigenvalue weighted by molar-refractivity contribution is -0.154. The molecule has 0 aliphatic rings. The molecule has 0 fully saturated rings. The molecule has 0 aliphatic carbocycles. The van der Waals surface area contributed by atoms with Gasteiger partial charge in [-0.15, -0.1) is 0 Å². The number of hydrogen-bond acceptors (Lipinski definition) is 4. The van der Waals surface area contributed by atoms with Crippen molar-refractivity contribution in [3.8, 4) is 0 Å². The van der Waals surface area contributed by atoms with Crippen LogP contribution in [0.25, 0.3) is 0 Å². The summed E-state index contributed by atoms with van der Waals surface area (Å²) in [5.74, 6) is -0.196. The number of hydrogen-bond donors (Lipinski definition) is 1. The van der Waals surface area contributed by atoms with E-state index in [4.69, 9.17) is 9.47 Å². The van der Waals surface area contributed by atoms with Crippen LogP contribution in [0.5, 0.6) is 0 Å². The van der Waals surface area contributed by atoms with E-state index in [9.17, 15) is 9.90 Å². The molecule has 0 amide bonds. The normalized spacial score (nSPS) is 12.2. The molecule has 1 atom stereocenters. The molecule has 0 heterocycles. The quantitative estimate of drug-likeness (QED) is 0.0591. The van der Waals surface area contributed by atoms with E-state index in [-0.39, 0.29) is 12.6 Å². The zero-order valence-electron chi connectivity index (χ0n) is 28.1. The molecule has 0 spiro atoms. The monoisotopic (exact) mass is 589 g/mol. The summed E-state index contributed by atoms with van der Waals surface area (Å²) in [6.45, 7) is 5.38. The summed E-state index contributed by atoms with van der Waals surface area (Å²) in [6, 6.07) is 0. The Bertz CT molecular complexity index is 495. The average molecular weight is 589 g/mol. The number of esters is 1. The molecule has 0 aromatic heterocycles. The Balaban J connectivity index is 3.37. The maximum atomic E-state index is 12.1. The van der Waals surface area contributed by atoms with E-state index in [0.29, 0.717) is 19.6 Å². The van der Waals surface area contributed by atoms with Crippen molar-refractivity contribution < 1.29 is 19.4 Å². The van der Waals surface area contributed by atoms with E-state index >= 15 is 0 Å². The molecule has 0 bridgehead atoms. The van der Waals surface area contributed by atoms with Gasteiger partial charge in [-0.05, 0) is 12.8 Å². The third kappa shape index (κ3) is 33.8. The van der Waals surface area contributed by atoms with Crippen molar-refractivity contribution in [1.82, 2.24) is 0 Å². The van der Waals surface area contributed by atoms with Crippen molar-refractivity contribution in [2.45, 2.75) is 213 Å². The number of unbranched alkanes of at least 4 members (excludes halogenated alkanes) is 27. The van der Waals surface area contributed by atoms with Gasteiger partial charge >= 0.3 is 5.97 Å². The molecule has 4 heteroatoms. The van der Waals surface area contributed by atoms with E-state index in [1.165, 1.54) is 167 Å². The van der Waals surface area contributed by atoms with Crippen LogP contribution in [0.4, 0.5) is 0 Å². The Morgan fingerprint density at radius 1 is 0.512 bits per heavy atom. The molecule has 0 saturated carbocycles. The van der Waals surface area contributed by atoms with Gasteiger partial charge in [-0.25, -0.2) is 0 Å². The minimum absolute atomic E-state index is 0.163. The summed E-state index contributed by atoms with van der Waals surface area (Å²) in [6.07, 6.45) is 38.5. The maximum Gasteiger partial charge on any atom is 0.306 e. The number of carbonyl (C=O) groups excluding carboxylic acids is 1. The van der Waals surface area contributed by atoms with Crippen LogP contribution in [0.2, 0.25) is 0 Å². The Morgan fingerprint density at radius 2 is 0.829 bits per heavy atom. The molecular formula is C37H74O4. The van der Waals surface area contributed by atoms with Crippen molar-refractivity contribution in [3.63, 3.8) is 0 Å². The molecule has 0 rings (SSSR count). The van der Waals surface area contributed by atoms with E-state index in [2.05, 4.69) is 13.8 Å². The predicted octanol–water partition coefficient (Wildman–Crippen LogP) is 11.6. The predicted molar refractivity (Wildman–Crippen MR) is 178 cm³/mol. The van der Waals surface area contributed by atoms with Crippen LogP contribution in [0, 0.1) is 0 Å². The molecule has 0 aromatic rings. The molecule has 41 heavy (non-hydrogen) atoms. The fourth-order valence-corrected chi connectivity index (χ4v) is 5.62. The molecule has 0 saturated heterocycles. The van der Waals surface area contributed by atoms with Crippen LogP contribution < -0.4 is 0 Å². The summed E-state index contributed by atoms with van der Waals surface area (Å²) in [5.41, 5.74) is 0. The van der Waals surface area contributed by atoms with E-state index in [1.807, 2.05) is 0 Å². The smallest absolute Gasteiger partial charge is 0.306 e. The van der Waals surface area contributed by atoms with E-state index in [0.717, 1.165) is 19.3 Å². The highest BCUT2D eigenvalue weighted by molar-refractivity contribution is 5.69. The van der Waals surface area contributed by atoms with Gasteiger partial charge in [0, 0.05) is 13.0 Å². The lowest BCUT2D eigenvalue weighted by atomic mass is 10.0. The standard InChI is InChI=1S/C37H74O4/c1-3-5-7-9-11-13-15-17-18-19-21-23-25-27-29-31-33-40-35-36(34-38)41-37(39)32-30-28-26-24-22-20-16-14-12-10-8-6-4-2/h36,38H,3-35H2,1-2H3/i34+2,35+2,36+2. The van der Waals surface area contributed by atoms with Gasteiger partial charge in [0.2, 0.25) is 0 Å². The fourth-order valence-electron chi connectivity index (χ4n) is 5.62. The van der Waals surface area contributed by atoms with Gasteiger partial charge in [0.15, 0.2) is 0 Å². The number of aliphatic hydroxyl groups is 1. The first-order valence-corrected chi connectivity index (χ1v) is 18.6. The van der Waals surface area contributed by atoms with Gasteiger partial charge in [-0.3, -0.25) is 4.79 Å². The van der Waals surface area contributed by atoms with Gasteiger partial charge < -0.3 is 14.6 Å². The van der Waals surface area contributed by atoms with Crippen molar-refractivity contribution in [2.24, 2.45) is 0 Å². The first kappa shape index (κ1) is 40.4. The van der Waals surface area contributed by atoms with Crippen LogP contribution >= 0.6 is 0 Å². The van der Waals surface area contributed by atoms with Gasteiger partial charge in [0.05, 0.1) is 13.2 Å². The Kier molecular flexibility index (Phi) is 35.1. The van der Waals surface area contributed by atoms with Gasteiger partial charge in [0.25, 0.3) is 0 Å². The summed E-state index contributed by atoms with van der Waals surface area (Å²) in [5, 5.41) is 9.55. The highest BCUT2D eigenvalue weighted by Crippen LogP contribution is 2.15. The zero-order valence-corrected chi connectivity index (χ0v) is 28.1. The van der Waals surface area contributed by atoms with Crippen LogP contribution in [-0.2, 0) is 14.3 Å². The van der Waals surface area contributed by atoms with Crippen LogP contribution in [0.15, 0.2) is 0 Å². The second-order valence-electron chi connectivity index (χ2n) is 12.7. The zero-order chi connectivity index (χ0) is 29.9. The highest BCUT2D eigenvalue weighted by atomic mass is 16.9. The topological polar surface area (TPSA) is 55.8 Å². The molecule has 0 aromatic carbocycles. The second-order valence-corrected chi connectivity index (χ2v) is 12.7. The molecule has 1 N–H and O–H groups in total. The summed E-state index contributed by atoms with van der Waals surface area (Å²) in [4.78, 5) is 12.1. The molecule has 0 aliphatic heterocycles. The van der Waals surface area contributed by atoms with Gasteiger partial charge in [-0.2, -0.15) is 0 Å². The van der Waals surface area contributed by atoms with Crippen LogP contribution in [0.1, 0.15) is 206 Å². The Morgan fingerprint density at radius 3 is 1.17 bits per heavy atom. The van der Waals surface area contributed by atoms with E-state index < -0.39 is 6.10 Å². The van der Waals surface area contributed by atoms with Gasteiger partial charge in [-0.1, -0.05) is 187 Å². The molecule has 4 nitrogen and oxygen atoms in total. The van der Waals surface area contributed by atoms with Crippen molar-refractivity contribution in [3.05, 3.63) is 0 Å². The molecule has 1 unspecified atom stereocenters. The van der Waals surface area contributed by atoms with Crippen molar-refractivity contribution >= 4 is 5.97 Å². The van der Waals surface area contributed by atoms with Gasteiger partial charge in [0.1, 0.15) is 6.10 Å². The lowest BCUT2D eigenvalue weighted by Crippen LogP contribution is -2.27. The number of rotatable bonds is 35. The minimum Gasteiger partial charge on any atom is -0.457 e. The SMILES string of the molecule is CCCCCCCCCCCCCCCCCCO[14CH2][14CH]([14CH2]O)OC(=O)CCCCCCCCCCCCCCC. The number of aliphatic hydroxyl groups excluding tert-OH is 1. The fraction of sp³-hybridized carbons (Fsp3) is 0.973. The first-order valence-electron chi connectivity index (χ1n) is 18.6. The minimum atomic E-state index is -0.523. The highest BCUT2D eigenvalue weighted by Gasteiger charge is 2.13. The van der Waals surface area contributed by atoms with Crippen LogP contribution in [-0.4, -0.2) is 37.0 Å². The molecule has 246 valence electrons. The maximum absolute atomic E-state index is 12.1. The third-order valence-corrected chi connectivity index (χ3v) is 8.43.